The Kier molecular flexibility index (Phi) is 6.44. The smallest absolute Gasteiger partial charge is 0.246 e. The number of nitrogens with zero attached hydrogens (tertiary/aromatic N) is 3. The van der Waals surface area contributed by atoms with Crippen molar-refractivity contribution in [2.24, 2.45) is 11.7 Å². The fourth-order valence-corrected chi connectivity index (χ4v) is 4.67. The first-order valence-corrected chi connectivity index (χ1v) is 8.97. The molecule has 0 amide bonds. The topological polar surface area (TPSA) is 81.2 Å². The molecule has 0 radical (unpaired) electrons. The Hall–Kier alpha value is -0.630. The minimum atomic E-state index is -3.47. The molecule has 1 fully saturated rings. The summed E-state index contributed by atoms with van der Waals surface area (Å²) in [6, 6.07) is 0.113. The van der Waals surface area contributed by atoms with Gasteiger partial charge in [0.15, 0.2) is 0 Å². The van der Waals surface area contributed by atoms with Crippen LogP contribution in [0.2, 0.25) is 0 Å². The lowest BCUT2D eigenvalue weighted by molar-refractivity contribution is 0.319. The number of nitrogens with two attached hydrogens (primary N) is 1. The second kappa shape index (κ2) is 7.29. The maximum atomic E-state index is 12.9. The summed E-state index contributed by atoms with van der Waals surface area (Å²) in [5, 5.41) is 4.41. The van der Waals surface area contributed by atoms with Crippen molar-refractivity contribution in [1.29, 1.82) is 0 Å². The van der Waals surface area contributed by atoms with E-state index in [0.29, 0.717) is 29.6 Å². The average molecular weight is 351 g/mol. The molecular weight excluding hydrogens is 324 g/mol. The van der Waals surface area contributed by atoms with E-state index in [1.165, 1.54) is 0 Å². The van der Waals surface area contributed by atoms with Gasteiger partial charge in [-0.2, -0.15) is 9.40 Å². The number of aryl methyl sites for hydroxylation is 1. The molecule has 22 heavy (non-hydrogen) atoms. The van der Waals surface area contributed by atoms with E-state index in [-0.39, 0.29) is 18.4 Å². The summed E-state index contributed by atoms with van der Waals surface area (Å²) in [6.07, 6.45) is 1.44. The van der Waals surface area contributed by atoms with Crippen LogP contribution in [0.4, 0.5) is 0 Å². The van der Waals surface area contributed by atoms with Gasteiger partial charge in [-0.05, 0) is 32.6 Å². The minimum absolute atomic E-state index is 0. The van der Waals surface area contributed by atoms with Crippen LogP contribution in [0.5, 0.6) is 0 Å². The summed E-state index contributed by atoms with van der Waals surface area (Å²) in [7, 11) is -3.47. The third-order valence-electron chi connectivity index (χ3n) is 3.95. The molecule has 0 aliphatic carbocycles. The predicted molar refractivity (Wildman–Crippen MR) is 89.8 cm³/mol. The maximum absolute atomic E-state index is 12.9. The van der Waals surface area contributed by atoms with Crippen LogP contribution < -0.4 is 5.73 Å². The lowest BCUT2D eigenvalue weighted by atomic mass is 10.1. The van der Waals surface area contributed by atoms with Gasteiger partial charge in [-0.1, -0.05) is 13.8 Å². The first-order valence-electron chi connectivity index (χ1n) is 7.53. The Labute approximate surface area is 139 Å². The van der Waals surface area contributed by atoms with Crippen LogP contribution in [0.15, 0.2) is 4.90 Å². The highest BCUT2D eigenvalue weighted by Gasteiger charge is 2.33. The van der Waals surface area contributed by atoms with E-state index < -0.39 is 10.0 Å². The van der Waals surface area contributed by atoms with Crippen LogP contribution in [0.25, 0.3) is 0 Å². The molecule has 1 aliphatic heterocycles. The number of hydrogen-bond acceptors (Lipinski definition) is 4. The second-order valence-corrected chi connectivity index (χ2v) is 8.19. The Morgan fingerprint density at radius 3 is 2.32 bits per heavy atom. The fourth-order valence-electron chi connectivity index (χ4n) is 2.82. The summed E-state index contributed by atoms with van der Waals surface area (Å²) < 4.78 is 29.1. The van der Waals surface area contributed by atoms with Gasteiger partial charge in [0.2, 0.25) is 10.0 Å². The molecule has 0 atom stereocenters. The second-order valence-electron chi connectivity index (χ2n) is 6.32. The molecule has 0 saturated carbocycles. The van der Waals surface area contributed by atoms with Gasteiger partial charge in [0.1, 0.15) is 4.90 Å². The normalized spacial score (nSPS) is 17.7. The average Bonchev–Trinajstić information content (AvgIpc) is 2.64. The Morgan fingerprint density at radius 2 is 1.82 bits per heavy atom. The van der Waals surface area contributed by atoms with Crippen molar-refractivity contribution in [3.63, 3.8) is 0 Å². The van der Waals surface area contributed by atoms with Crippen LogP contribution in [-0.2, 0) is 16.6 Å². The van der Waals surface area contributed by atoms with E-state index in [2.05, 4.69) is 18.9 Å². The molecule has 0 spiro atoms. The molecule has 0 unspecified atom stereocenters. The third-order valence-corrected chi connectivity index (χ3v) is 6.10. The molecule has 1 aromatic rings. The van der Waals surface area contributed by atoms with Crippen molar-refractivity contribution in [2.45, 2.75) is 58.0 Å². The summed E-state index contributed by atoms with van der Waals surface area (Å²) in [4.78, 5) is 0.374. The molecule has 1 aliphatic rings. The lowest BCUT2D eigenvalue weighted by Crippen LogP contribution is -2.43. The number of piperidine rings is 1. The first kappa shape index (κ1) is 19.4. The van der Waals surface area contributed by atoms with Crippen molar-refractivity contribution in [1.82, 2.24) is 14.1 Å². The number of halogens is 1. The highest BCUT2D eigenvalue weighted by Crippen LogP contribution is 2.26. The quantitative estimate of drug-likeness (QED) is 0.895. The van der Waals surface area contributed by atoms with E-state index in [9.17, 15) is 8.42 Å². The van der Waals surface area contributed by atoms with Crippen LogP contribution in [-0.4, -0.2) is 41.6 Å². The van der Waals surface area contributed by atoms with Crippen LogP contribution in [0.3, 0.4) is 0 Å². The predicted octanol–water partition coefficient (Wildman–Crippen LogP) is 1.69. The van der Waals surface area contributed by atoms with Gasteiger partial charge in [0.25, 0.3) is 0 Å². The number of sulfonamides is 1. The number of aromatic nitrogens is 2. The molecule has 128 valence electrons. The van der Waals surface area contributed by atoms with Crippen LogP contribution in [0.1, 0.15) is 38.1 Å². The van der Waals surface area contributed by atoms with Gasteiger partial charge >= 0.3 is 0 Å². The zero-order valence-corrected chi connectivity index (χ0v) is 15.4. The van der Waals surface area contributed by atoms with E-state index >= 15 is 0 Å². The van der Waals surface area contributed by atoms with Gasteiger partial charge in [-0.15, -0.1) is 12.4 Å². The minimum Gasteiger partial charge on any atom is -0.328 e. The molecule has 0 bridgehead atoms. The van der Waals surface area contributed by atoms with Gasteiger partial charge in [-0.25, -0.2) is 8.42 Å². The van der Waals surface area contributed by atoms with Gasteiger partial charge in [0.05, 0.1) is 11.4 Å². The van der Waals surface area contributed by atoms with E-state index in [0.717, 1.165) is 25.1 Å². The maximum Gasteiger partial charge on any atom is 0.246 e. The van der Waals surface area contributed by atoms with Crippen molar-refractivity contribution in [3.8, 4) is 0 Å². The number of hydrogen-bond donors (Lipinski definition) is 1. The fraction of sp³-hybridized carbons (Fsp3) is 0.786. The van der Waals surface area contributed by atoms with E-state index in [1.807, 2.05) is 11.6 Å². The molecule has 2 heterocycles. The molecule has 2 rings (SSSR count). The molecule has 2 N–H and O–H groups in total. The number of rotatable bonds is 4. The van der Waals surface area contributed by atoms with E-state index in [1.54, 1.807) is 11.2 Å². The highest BCUT2D eigenvalue weighted by atomic mass is 35.5. The standard InChI is InChI=1S/C14H26N4O2S.ClH/c1-10(2)9-18-12(4)14(11(3)16-18)21(19,20)17-7-5-13(15)6-8-17;/h10,13H,5-9,15H2,1-4H3;1H. The van der Waals surface area contributed by atoms with Crippen molar-refractivity contribution in [2.75, 3.05) is 13.1 Å². The zero-order valence-electron chi connectivity index (χ0n) is 13.7. The Morgan fingerprint density at radius 1 is 1.27 bits per heavy atom. The summed E-state index contributed by atoms with van der Waals surface area (Å²) in [6.45, 7) is 9.52. The van der Waals surface area contributed by atoms with Gasteiger partial charge < -0.3 is 5.73 Å². The summed E-state index contributed by atoms with van der Waals surface area (Å²) >= 11 is 0. The Bertz CT molecular complexity index is 605. The first-order chi connectivity index (χ1) is 9.73. The molecule has 1 aromatic heterocycles. The zero-order chi connectivity index (χ0) is 15.8. The highest BCUT2D eigenvalue weighted by molar-refractivity contribution is 7.89. The SMILES string of the molecule is Cc1nn(CC(C)C)c(C)c1S(=O)(=O)N1CCC(N)CC1.Cl. The largest absolute Gasteiger partial charge is 0.328 e. The Balaban J connectivity index is 0.00000242. The van der Waals surface area contributed by atoms with Crippen LogP contribution >= 0.6 is 12.4 Å². The molecule has 1 saturated heterocycles. The third kappa shape index (κ3) is 3.82. The van der Waals surface area contributed by atoms with Crippen LogP contribution in [0, 0.1) is 19.8 Å². The lowest BCUT2D eigenvalue weighted by Gasteiger charge is -2.29. The van der Waals surface area contributed by atoms with Crippen molar-refractivity contribution >= 4 is 22.4 Å². The van der Waals surface area contributed by atoms with E-state index in [4.69, 9.17) is 5.73 Å². The molecule has 0 aromatic carbocycles. The van der Waals surface area contributed by atoms with Gasteiger partial charge in [0, 0.05) is 25.7 Å². The van der Waals surface area contributed by atoms with Crippen molar-refractivity contribution < 1.29 is 8.42 Å². The van der Waals surface area contributed by atoms with Crippen molar-refractivity contribution in [3.05, 3.63) is 11.4 Å². The molecule has 6 nitrogen and oxygen atoms in total. The summed E-state index contributed by atoms with van der Waals surface area (Å²) in [5.74, 6) is 0.423. The summed E-state index contributed by atoms with van der Waals surface area (Å²) in [5.41, 5.74) is 7.18. The molecular formula is C14H27ClN4O2S. The molecule has 8 heteroatoms. The van der Waals surface area contributed by atoms with Gasteiger partial charge in [-0.3, -0.25) is 4.68 Å². The monoisotopic (exact) mass is 350 g/mol.